The molecule has 0 radical (unpaired) electrons. The fourth-order valence-corrected chi connectivity index (χ4v) is 2.84. The molecule has 0 heterocycles. The molecular weight excluding hydrogens is 289 g/mol. The third-order valence-corrected chi connectivity index (χ3v) is 4.40. The monoisotopic (exact) mass is 301 g/mol. The van der Waals surface area contributed by atoms with E-state index in [1.54, 1.807) is 0 Å². The van der Waals surface area contributed by atoms with Gasteiger partial charge in [-0.25, -0.2) is 12.8 Å². The van der Waals surface area contributed by atoms with Crippen molar-refractivity contribution in [3.05, 3.63) is 34.1 Å². The smallest absolute Gasteiger partial charge is 0.258 e. The molecule has 0 N–H and O–H groups in total. The minimum absolute atomic E-state index is 0.138. The van der Waals surface area contributed by atoms with Gasteiger partial charge in [-0.1, -0.05) is 0 Å². The van der Waals surface area contributed by atoms with E-state index < -0.39 is 37.3 Å². The number of halogens is 1. The Morgan fingerprint density at radius 3 is 2.65 bits per heavy atom. The molecule has 0 fully saturated rings. The average Bonchev–Trinajstić information content (AvgIpc) is 2.38. The SMILES string of the molecule is CC(C#N)CN(C)S(=O)(=O)c1cc([N+](=O)[O-])ccc1F. The van der Waals surface area contributed by atoms with Crippen LogP contribution in [-0.2, 0) is 10.0 Å². The zero-order chi connectivity index (χ0) is 15.5. The number of rotatable bonds is 5. The number of nitro groups is 1. The summed E-state index contributed by atoms with van der Waals surface area (Å²) in [6.45, 7) is 1.37. The Labute approximate surface area is 115 Å². The van der Waals surface area contributed by atoms with Gasteiger partial charge in [0.15, 0.2) is 0 Å². The van der Waals surface area contributed by atoms with Crippen molar-refractivity contribution in [3.8, 4) is 6.07 Å². The van der Waals surface area contributed by atoms with Crippen molar-refractivity contribution in [3.63, 3.8) is 0 Å². The summed E-state index contributed by atoms with van der Waals surface area (Å²) in [5, 5.41) is 19.3. The number of sulfonamides is 1. The zero-order valence-corrected chi connectivity index (χ0v) is 11.6. The lowest BCUT2D eigenvalue weighted by Gasteiger charge is -2.18. The molecule has 0 aromatic heterocycles. The lowest BCUT2D eigenvalue weighted by Crippen LogP contribution is -2.31. The fourth-order valence-electron chi connectivity index (χ4n) is 1.50. The Kier molecular flexibility index (Phi) is 4.75. The predicted octanol–water partition coefficient (Wildman–Crippen LogP) is 1.51. The molecule has 9 heteroatoms. The van der Waals surface area contributed by atoms with Crippen LogP contribution in [0.4, 0.5) is 10.1 Å². The normalized spacial score (nSPS) is 12.9. The van der Waals surface area contributed by atoms with Crippen LogP contribution in [0.5, 0.6) is 0 Å². The summed E-state index contributed by atoms with van der Waals surface area (Å²) in [5.74, 6) is -1.66. The first-order chi connectivity index (χ1) is 9.20. The van der Waals surface area contributed by atoms with Gasteiger partial charge in [-0.3, -0.25) is 10.1 Å². The second-order valence-corrected chi connectivity index (χ2v) is 6.20. The van der Waals surface area contributed by atoms with E-state index in [0.29, 0.717) is 6.07 Å². The van der Waals surface area contributed by atoms with E-state index in [2.05, 4.69) is 0 Å². The highest BCUT2D eigenvalue weighted by Gasteiger charge is 2.27. The van der Waals surface area contributed by atoms with E-state index in [1.165, 1.54) is 14.0 Å². The summed E-state index contributed by atoms with van der Waals surface area (Å²) in [7, 11) is -3.05. The maximum absolute atomic E-state index is 13.6. The van der Waals surface area contributed by atoms with Gasteiger partial charge in [-0.15, -0.1) is 0 Å². The molecule has 108 valence electrons. The molecule has 0 aliphatic carbocycles. The van der Waals surface area contributed by atoms with Crippen molar-refractivity contribution in [1.82, 2.24) is 4.31 Å². The molecule has 1 aromatic rings. The summed E-state index contributed by atoms with van der Waals surface area (Å²) in [6.07, 6.45) is 0. The third kappa shape index (κ3) is 3.28. The van der Waals surface area contributed by atoms with Gasteiger partial charge >= 0.3 is 0 Å². The van der Waals surface area contributed by atoms with Gasteiger partial charge in [-0.2, -0.15) is 9.57 Å². The van der Waals surface area contributed by atoms with Gasteiger partial charge in [-0.05, 0) is 13.0 Å². The molecule has 0 spiro atoms. The van der Waals surface area contributed by atoms with Crippen LogP contribution >= 0.6 is 0 Å². The largest absolute Gasteiger partial charge is 0.270 e. The standard InChI is InChI=1S/C11H12FN3O4S/c1-8(6-13)7-14(2)20(18,19)11-5-9(15(16)17)3-4-10(11)12/h3-5,8H,7H2,1-2H3. The predicted molar refractivity (Wildman–Crippen MR) is 67.6 cm³/mol. The van der Waals surface area contributed by atoms with Gasteiger partial charge in [0.1, 0.15) is 10.7 Å². The number of nitrogens with zero attached hydrogens (tertiary/aromatic N) is 3. The van der Waals surface area contributed by atoms with E-state index in [9.17, 15) is 22.9 Å². The molecule has 20 heavy (non-hydrogen) atoms. The van der Waals surface area contributed by atoms with Crippen LogP contribution in [0.25, 0.3) is 0 Å². The molecule has 1 unspecified atom stereocenters. The van der Waals surface area contributed by atoms with Crippen LogP contribution in [0.15, 0.2) is 23.1 Å². The van der Waals surface area contributed by atoms with E-state index in [4.69, 9.17) is 5.26 Å². The first kappa shape index (κ1) is 16.0. The van der Waals surface area contributed by atoms with Crippen LogP contribution in [0.1, 0.15) is 6.92 Å². The molecule has 7 nitrogen and oxygen atoms in total. The van der Waals surface area contributed by atoms with Gasteiger partial charge in [0, 0.05) is 25.7 Å². The molecular formula is C11H12FN3O4S. The third-order valence-electron chi connectivity index (χ3n) is 2.57. The lowest BCUT2D eigenvalue weighted by atomic mass is 10.2. The van der Waals surface area contributed by atoms with Crippen molar-refractivity contribution in [2.24, 2.45) is 5.92 Å². The topological polar surface area (TPSA) is 104 Å². The summed E-state index contributed by atoms with van der Waals surface area (Å²) < 4.78 is 38.7. The summed E-state index contributed by atoms with van der Waals surface area (Å²) in [4.78, 5) is 9.03. The van der Waals surface area contributed by atoms with Crippen molar-refractivity contribution in [1.29, 1.82) is 5.26 Å². The van der Waals surface area contributed by atoms with E-state index in [0.717, 1.165) is 16.4 Å². The summed E-state index contributed by atoms with van der Waals surface area (Å²) >= 11 is 0. The molecule has 1 atom stereocenters. The molecule has 0 bridgehead atoms. The molecule has 0 saturated heterocycles. The number of hydrogen-bond donors (Lipinski definition) is 0. The number of nitriles is 1. The van der Waals surface area contributed by atoms with Crippen molar-refractivity contribution in [2.45, 2.75) is 11.8 Å². The van der Waals surface area contributed by atoms with Crippen molar-refractivity contribution < 1.29 is 17.7 Å². The van der Waals surface area contributed by atoms with Gasteiger partial charge in [0.05, 0.1) is 16.9 Å². The van der Waals surface area contributed by atoms with Crippen molar-refractivity contribution in [2.75, 3.05) is 13.6 Å². The Hall–Kier alpha value is -2.05. The lowest BCUT2D eigenvalue weighted by molar-refractivity contribution is -0.385. The summed E-state index contributed by atoms with van der Waals surface area (Å²) in [5.41, 5.74) is -0.522. The minimum Gasteiger partial charge on any atom is -0.258 e. The van der Waals surface area contributed by atoms with Crippen LogP contribution in [-0.4, -0.2) is 31.2 Å². The Balaban J connectivity index is 3.25. The molecule has 0 aliphatic heterocycles. The first-order valence-electron chi connectivity index (χ1n) is 5.50. The van der Waals surface area contributed by atoms with Gasteiger partial charge in [0.2, 0.25) is 10.0 Å². The van der Waals surface area contributed by atoms with E-state index in [-0.39, 0.29) is 6.54 Å². The Bertz CT molecular complexity index is 669. The number of nitro benzene ring substituents is 1. The van der Waals surface area contributed by atoms with Crippen LogP contribution < -0.4 is 0 Å². The number of non-ortho nitro benzene ring substituents is 1. The maximum Gasteiger partial charge on any atom is 0.270 e. The van der Waals surface area contributed by atoms with Crippen LogP contribution in [0.3, 0.4) is 0 Å². The van der Waals surface area contributed by atoms with Gasteiger partial charge in [0.25, 0.3) is 5.69 Å². The van der Waals surface area contributed by atoms with Crippen LogP contribution in [0, 0.1) is 33.2 Å². The highest BCUT2D eigenvalue weighted by molar-refractivity contribution is 7.89. The molecule has 0 saturated carbocycles. The Morgan fingerprint density at radius 1 is 1.55 bits per heavy atom. The molecule has 0 amide bonds. The highest BCUT2D eigenvalue weighted by Crippen LogP contribution is 2.24. The molecule has 0 aliphatic rings. The van der Waals surface area contributed by atoms with Gasteiger partial charge < -0.3 is 0 Å². The molecule has 1 rings (SSSR count). The maximum atomic E-state index is 13.6. The average molecular weight is 301 g/mol. The van der Waals surface area contributed by atoms with Crippen LogP contribution in [0.2, 0.25) is 0 Å². The summed E-state index contributed by atoms with van der Waals surface area (Å²) in [6, 6.07) is 4.13. The fraction of sp³-hybridized carbons (Fsp3) is 0.364. The zero-order valence-electron chi connectivity index (χ0n) is 10.8. The molecule has 1 aromatic carbocycles. The van der Waals surface area contributed by atoms with E-state index >= 15 is 0 Å². The Morgan fingerprint density at radius 2 is 2.15 bits per heavy atom. The number of hydrogen-bond acceptors (Lipinski definition) is 5. The van der Waals surface area contributed by atoms with Crippen molar-refractivity contribution >= 4 is 15.7 Å². The quantitative estimate of drug-likeness (QED) is 0.605. The minimum atomic E-state index is -4.23. The second-order valence-electron chi connectivity index (χ2n) is 4.19. The second kappa shape index (κ2) is 5.94. The highest BCUT2D eigenvalue weighted by atomic mass is 32.2. The van der Waals surface area contributed by atoms with E-state index in [1.807, 2.05) is 6.07 Å². The first-order valence-corrected chi connectivity index (χ1v) is 6.94. The number of benzene rings is 1.